The summed E-state index contributed by atoms with van der Waals surface area (Å²) in [6.45, 7) is -0.278. The second kappa shape index (κ2) is 6.23. The maximum Gasteiger partial charge on any atom is 0.258 e. The normalized spacial score (nSPS) is 9.32. The van der Waals surface area contributed by atoms with Gasteiger partial charge in [-0.05, 0) is 6.07 Å². The second-order valence-electron chi connectivity index (χ2n) is 3.43. The largest absolute Gasteiger partial charge is 0.384 e. The number of carbonyl (C=O) groups is 1. The van der Waals surface area contributed by atoms with Crippen LogP contribution in [-0.4, -0.2) is 32.6 Å². The molecule has 0 aliphatic rings. The zero-order chi connectivity index (χ0) is 13.5. The molecule has 94 valence electrons. The van der Waals surface area contributed by atoms with Crippen LogP contribution in [0.5, 0.6) is 0 Å². The van der Waals surface area contributed by atoms with Crippen LogP contribution in [-0.2, 0) is 0 Å². The van der Waals surface area contributed by atoms with E-state index in [1.165, 1.54) is 31.0 Å². The number of rotatable bonds is 2. The molecule has 2 rings (SSSR count). The number of nitrogens with zero attached hydrogens (tertiary/aromatic N) is 3. The number of pyridine rings is 1. The van der Waals surface area contributed by atoms with Gasteiger partial charge in [0.15, 0.2) is 5.82 Å². The molecule has 6 heteroatoms. The minimum atomic E-state index is -0.356. The highest BCUT2D eigenvalue weighted by Crippen LogP contribution is 2.08. The summed E-state index contributed by atoms with van der Waals surface area (Å²) in [5.74, 6) is 5.15. The molecule has 2 aromatic rings. The Bertz CT molecular complexity index is 632. The van der Waals surface area contributed by atoms with Crippen molar-refractivity contribution < 1.29 is 9.90 Å². The molecule has 0 unspecified atom stereocenters. The maximum atomic E-state index is 12.1. The van der Waals surface area contributed by atoms with Gasteiger partial charge >= 0.3 is 0 Å². The van der Waals surface area contributed by atoms with E-state index in [2.05, 4.69) is 32.1 Å². The Morgan fingerprint density at radius 1 is 1.26 bits per heavy atom. The third kappa shape index (κ3) is 3.34. The lowest BCUT2D eigenvalue weighted by Gasteiger charge is -2.05. The Morgan fingerprint density at radius 3 is 2.84 bits per heavy atom. The number of hydrogen-bond acceptors (Lipinski definition) is 5. The average molecular weight is 254 g/mol. The van der Waals surface area contributed by atoms with Crippen LogP contribution < -0.4 is 5.32 Å². The molecule has 1 amide bonds. The molecule has 0 atom stereocenters. The Balaban J connectivity index is 2.24. The van der Waals surface area contributed by atoms with Crippen molar-refractivity contribution in [1.82, 2.24) is 15.0 Å². The van der Waals surface area contributed by atoms with Gasteiger partial charge in [-0.15, -0.1) is 0 Å². The molecule has 2 N–H and O–H groups in total. The fourth-order valence-electron chi connectivity index (χ4n) is 1.37. The summed E-state index contributed by atoms with van der Waals surface area (Å²) in [7, 11) is 0. The Hall–Kier alpha value is -2.78. The molecule has 2 aromatic heterocycles. The third-order valence-corrected chi connectivity index (χ3v) is 2.17. The molecule has 0 saturated carbocycles. The summed E-state index contributed by atoms with van der Waals surface area (Å²) in [6.07, 6.45) is 7.40. The van der Waals surface area contributed by atoms with Gasteiger partial charge in [0.05, 0.1) is 17.3 Å². The number of carbonyl (C=O) groups excluding carboxylic acids is 1. The predicted molar refractivity (Wildman–Crippen MR) is 68.2 cm³/mol. The van der Waals surface area contributed by atoms with Crippen LogP contribution >= 0.6 is 0 Å². The van der Waals surface area contributed by atoms with Crippen LogP contribution in [0.1, 0.15) is 15.9 Å². The fourth-order valence-corrected chi connectivity index (χ4v) is 1.37. The molecular formula is C13H10N4O2. The SMILES string of the molecule is O=C(Nc1cnccn1)c1ccncc1C#CCO. The first kappa shape index (κ1) is 12.7. The third-order valence-electron chi connectivity index (χ3n) is 2.17. The highest BCUT2D eigenvalue weighted by molar-refractivity contribution is 6.05. The van der Waals surface area contributed by atoms with Crippen LogP contribution in [0.4, 0.5) is 5.82 Å². The Morgan fingerprint density at radius 2 is 2.11 bits per heavy atom. The van der Waals surface area contributed by atoms with Crippen molar-refractivity contribution in [2.75, 3.05) is 11.9 Å². The van der Waals surface area contributed by atoms with Crippen LogP contribution in [0.15, 0.2) is 37.1 Å². The highest BCUT2D eigenvalue weighted by Gasteiger charge is 2.10. The number of hydrogen-bond donors (Lipinski definition) is 2. The Labute approximate surface area is 109 Å². The van der Waals surface area contributed by atoms with Crippen molar-refractivity contribution in [3.8, 4) is 11.8 Å². The first-order valence-corrected chi connectivity index (χ1v) is 5.42. The zero-order valence-electron chi connectivity index (χ0n) is 9.87. The molecule has 0 radical (unpaired) electrons. The zero-order valence-corrected chi connectivity index (χ0v) is 9.87. The predicted octanol–water partition coefficient (Wildman–Crippen LogP) is 0.468. The highest BCUT2D eigenvalue weighted by atomic mass is 16.2. The summed E-state index contributed by atoms with van der Waals surface area (Å²) in [4.78, 5) is 23.8. The molecule has 0 aliphatic carbocycles. The lowest BCUT2D eigenvalue weighted by molar-refractivity contribution is 0.102. The van der Waals surface area contributed by atoms with Crippen LogP contribution in [0.2, 0.25) is 0 Å². The molecule has 0 aliphatic heterocycles. The van der Waals surface area contributed by atoms with Crippen molar-refractivity contribution in [2.45, 2.75) is 0 Å². The molecule has 0 spiro atoms. The molecule has 19 heavy (non-hydrogen) atoms. The molecule has 0 saturated heterocycles. The number of aromatic nitrogens is 3. The van der Waals surface area contributed by atoms with Gasteiger partial charge in [0.2, 0.25) is 0 Å². The van der Waals surface area contributed by atoms with Crippen LogP contribution in [0.25, 0.3) is 0 Å². The van der Waals surface area contributed by atoms with Crippen molar-refractivity contribution in [3.63, 3.8) is 0 Å². The van der Waals surface area contributed by atoms with Gasteiger partial charge in [0.1, 0.15) is 6.61 Å². The second-order valence-corrected chi connectivity index (χ2v) is 3.43. The van der Waals surface area contributed by atoms with E-state index in [-0.39, 0.29) is 12.5 Å². The summed E-state index contributed by atoms with van der Waals surface area (Å²) in [6, 6.07) is 1.55. The summed E-state index contributed by atoms with van der Waals surface area (Å²) < 4.78 is 0. The molecule has 2 heterocycles. The van der Waals surface area contributed by atoms with Crippen molar-refractivity contribution in [3.05, 3.63) is 48.2 Å². The summed E-state index contributed by atoms with van der Waals surface area (Å²) >= 11 is 0. The average Bonchev–Trinajstić information content (AvgIpc) is 2.46. The lowest BCUT2D eigenvalue weighted by Crippen LogP contribution is -2.14. The first-order chi connectivity index (χ1) is 9.31. The van der Waals surface area contributed by atoms with E-state index in [4.69, 9.17) is 5.11 Å². The molecule has 0 bridgehead atoms. The smallest absolute Gasteiger partial charge is 0.258 e. The number of amides is 1. The van der Waals surface area contributed by atoms with E-state index in [1.54, 1.807) is 6.07 Å². The van der Waals surface area contributed by atoms with E-state index in [0.717, 1.165) is 0 Å². The van der Waals surface area contributed by atoms with Gasteiger partial charge < -0.3 is 10.4 Å². The topological polar surface area (TPSA) is 88.0 Å². The van der Waals surface area contributed by atoms with Crippen molar-refractivity contribution in [2.24, 2.45) is 0 Å². The van der Waals surface area contributed by atoms with E-state index in [0.29, 0.717) is 16.9 Å². The van der Waals surface area contributed by atoms with Gasteiger partial charge in [0.25, 0.3) is 5.91 Å². The quantitative estimate of drug-likeness (QED) is 0.760. The number of nitrogens with one attached hydrogen (secondary N) is 1. The lowest BCUT2D eigenvalue weighted by atomic mass is 10.1. The van der Waals surface area contributed by atoms with Gasteiger partial charge in [0, 0.05) is 24.8 Å². The van der Waals surface area contributed by atoms with Crippen molar-refractivity contribution in [1.29, 1.82) is 0 Å². The molecular weight excluding hydrogens is 244 g/mol. The minimum Gasteiger partial charge on any atom is -0.384 e. The minimum absolute atomic E-state index is 0.278. The van der Waals surface area contributed by atoms with E-state index in [9.17, 15) is 4.79 Å². The number of aliphatic hydroxyl groups is 1. The van der Waals surface area contributed by atoms with E-state index >= 15 is 0 Å². The number of anilines is 1. The summed E-state index contributed by atoms with van der Waals surface area (Å²) in [5.41, 5.74) is 0.805. The van der Waals surface area contributed by atoms with Gasteiger partial charge in [-0.25, -0.2) is 4.98 Å². The summed E-state index contributed by atoms with van der Waals surface area (Å²) in [5, 5.41) is 11.3. The van der Waals surface area contributed by atoms with Gasteiger partial charge in [-0.1, -0.05) is 11.8 Å². The van der Waals surface area contributed by atoms with E-state index in [1.807, 2.05) is 0 Å². The molecule has 0 aromatic carbocycles. The Kier molecular flexibility index (Phi) is 4.16. The van der Waals surface area contributed by atoms with Crippen LogP contribution in [0.3, 0.4) is 0 Å². The first-order valence-electron chi connectivity index (χ1n) is 5.42. The van der Waals surface area contributed by atoms with Gasteiger partial charge in [-0.3, -0.25) is 14.8 Å². The molecule has 6 nitrogen and oxygen atoms in total. The van der Waals surface area contributed by atoms with E-state index < -0.39 is 0 Å². The molecule has 0 fully saturated rings. The fraction of sp³-hybridized carbons (Fsp3) is 0.0769. The van der Waals surface area contributed by atoms with Crippen molar-refractivity contribution >= 4 is 11.7 Å². The maximum absolute atomic E-state index is 12.1. The standard InChI is InChI=1S/C13H10N4O2/c18-7-1-2-10-8-14-4-3-11(10)13(19)17-12-9-15-5-6-16-12/h3-6,8-9,18H,7H2,(H,16,17,19). The monoisotopic (exact) mass is 254 g/mol. The number of aliphatic hydroxyl groups excluding tert-OH is 1. The van der Waals surface area contributed by atoms with Gasteiger partial charge in [-0.2, -0.15) is 0 Å². The van der Waals surface area contributed by atoms with Crippen LogP contribution in [0, 0.1) is 11.8 Å².